The molecule has 1 amide bonds. The number of carbonyl (C=O) groups excluding carboxylic acids is 1. The molecular weight excluding hydrogens is 392 g/mol. The summed E-state index contributed by atoms with van der Waals surface area (Å²) < 4.78 is 6.33. The molecule has 0 aromatic carbocycles. The van der Waals surface area contributed by atoms with Crippen LogP contribution in [0.1, 0.15) is 46.5 Å². The van der Waals surface area contributed by atoms with Crippen LogP contribution in [0, 0.1) is 5.41 Å². The Morgan fingerprint density at radius 1 is 1.12 bits per heavy atom. The summed E-state index contributed by atoms with van der Waals surface area (Å²) in [6.07, 6.45) is 4.28. The Morgan fingerprint density at radius 3 is 2.21 bits per heavy atom. The van der Waals surface area contributed by atoms with Gasteiger partial charge in [0.25, 0.3) is 0 Å². The summed E-state index contributed by atoms with van der Waals surface area (Å²) in [6.45, 7) is 9.40. The smallest absolute Gasteiger partial charge is 0.410 e. The number of hydrogen-bond acceptors (Lipinski definition) is 6. The van der Waals surface area contributed by atoms with Crippen molar-refractivity contribution in [2.24, 2.45) is 5.41 Å². The molecule has 2 saturated heterocycles. The fraction of sp³-hybridized carbons (Fsp3) is 0.812. The molecule has 1 aromatic rings. The van der Waals surface area contributed by atoms with E-state index in [2.05, 4.69) is 31.0 Å². The summed E-state index contributed by atoms with van der Waals surface area (Å²) in [5.41, 5.74) is -0.0511. The molecule has 0 N–H and O–H groups in total. The predicted molar refractivity (Wildman–Crippen MR) is 98.5 cm³/mol. The minimum Gasteiger partial charge on any atom is -0.444 e. The number of amides is 1. The normalized spacial score (nSPS) is 21.2. The van der Waals surface area contributed by atoms with Crippen molar-refractivity contribution in [2.45, 2.75) is 52.1 Å². The Hall–Kier alpha value is -0.890. The van der Waals surface area contributed by atoms with Gasteiger partial charge in [-0.05, 0) is 67.8 Å². The number of anilines is 1. The lowest BCUT2D eigenvalue weighted by molar-refractivity contribution is 0.00666. The van der Waals surface area contributed by atoms with E-state index >= 15 is 0 Å². The van der Waals surface area contributed by atoms with E-state index in [1.165, 1.54) is 0 Å². The molecule has 2 aliphatic heterocycles. The van der Waals surface area contributed by atoms with E-state index in [-0.39, 0.29) is 6.09 Å². The third kappa shape index (κ3) is 4.20. The molecule has 0 bridgehead atoms. The van der Waals surface area contributed by atoms with Gasteiger partial charge in [-0.15, -0.1) is 10.2 Å². The van der Waals surface area contributed by atoms with Crippen LogP contribution in [-0.2, 0) is 4.74 Å². The molecule has 2 aliphatic rings. The van der Waals surface area contributed by atoms with Crippen molar-refractivity contribution >= 4 is 38.5 Å². The van der Waals surface area contributed by atoms with Gasteiger partial charge in [0.1, 0.15) is 5.60 Å². The van der Waals surface area contributed by atoms with Crippen molar-refractivity contribution < 1.29 is 9.53 Å². The fourth-order valence-electron chi connectivity index (χ4n) is 3.49. The number of ether oxygens (including phenoxy) is 1. The molecule has 0 unspecified atom stereocenters. The second kappa shape index (κ2) is 6.78. The van der Waals surface area contributed by atoms with Gasteiger partial charge < -0.3 is 14.5 Å². The van der Waals surface area contributed by atoms with Crippen LogP contribution in [0.5, 0.6) is 0 Å². The van der Waals surface area contributed by atoms with Crippen molar-refractivity contribution in [3.8, 4) is 0 Å². The zero-order valence-corrected chi connectivity index (χ0v) is 17.0. The molecule has 0 radical (unpaired) electrons. The molecular formula is C16H25BrN4O2S. The van der Waals surface area contributed by atoms with Gasteiger partial charge in [0, 0.05) is 26.2 Å². The fourth-order valence-corrected chi connectivity index (χ4v) is 4.63. The first-order valence-corrected chi connectivity index (χ1v) is 10.1. The van der Waals surface area contributed by atoms with Crippen LogP contribution in [0.3, 0.4) is 0 Å². The van der Waals surface area contributed by atoms with Gasteiger partial charge in [-0.25, -0.2) is 4.79 Å². The molecule has 1 spiro atoms. The molecule has 134 valence electrons. The summed E-state index contributed by atoms with van der Waals surface area (Å²) in [5.74, 6) is 0. The van der Waals surface area contributed by atoms with E-state index in [0.29, 0.717) is 5.41 Å². The average molecular weight is 417 g/mol. The van der Waals surface area contributed by atoms with Gasteiger partial charge in [-0.2, -0.15) is 0 Å². The lowest BCUT2D eigenvalue weighted by atomic mass is 9.71. The summed E-state index contributed by atoms with van der Waals surface area (Å²) >= 11 is 4.97. The largest absolute Gasteiger partial charge is 0.444 e. The maximum absolute atomic E-state index is 12.2. The number of nitrogens with zero attached hydrogens (tertiary/aromatic N) is 4. The van der Waals surface area contributed by atoms with Crippen molar-refractivity contribution in [1.82, 2.24) is 15.1 Å². The minimum atomic E-state index is -0.423. The van der Waals surface area contributed by atoms with E-state index in [1.807, 2.05) is 25.7 Å². The molecule has 3 rings (SSSR count). The predicted octanol–water partition coefficient (Wildman–Crippen LogP) is 3.92. The zero-order valence-electron chi connectivity index (χ0n) is 14.5. The topological polar surface area (TPSA) is 58.6 Å². The summed E-state index contributed by atoms with van der Waals surface area (Å²) in [5, 5.41) is 9.26. The van der Waals surface area contributed by atoms with Crippen LogP contribution in [0.15, 0.2) is 3.92 Å². The second-order valence-corrected chi connectivity index (χ2v) is 10.0. The number of hydrogen-bond donors (Lipinski definition) is 0. The number of piperidine rings is 2. The van der Waals surface area contributed by atoms with Gasteiger partial charge in [-0.1, -0.05) is 11.3 Å². The Balaban J connectivity index is 1.51. The van der Waals surface area contributed by atoms with Gasteiger partial charge >= 0.3 is 6.09 Å². The first-order valence-electron chi connectivity index (χ1n) is 8.48. The summed E-state index contributed by atoms with van der Waals surface area (Å²) in [6, 6.07) is 0. The standard InChI is InChI=1S/C16H25BrN4O2S/c1-15(2,3)23-14(22)21-10-6-16(7-11-21)4-8-20(9-5-16)13-19-18-12(17)24-13/h4-11H2,1-3H3. The maximum Gasteiger partial charge on any atom is 0.410 e. The van der Waals surface area contributed by atoms with E-state index in [9.17, 15) is 4.79 Å². The number of aromatic nitrogens is 2. The molecule has 6 nitrogen and oxygen atoms in total. The van der Waals surface area contributed by atoms with Gasteiger partial charge in [0.2, 0.25) is 5.13 Å². The van der Waals surface area contributed by atoms with Crippen LogP contribution in [0.2, 0.25) is 0 Å². The van der Waals surface area contributed by atoms with E-state index in [4.69, 9.17) is 4.74 Å². The Labute approximate surface area is 155 Å². The highest BCUT2D eigenvalue weighted by molar-refractivity contribution is 9.11. The highest BCUT2D eigenvalue weighted by atomic mass is 79.9. The van der Waals surface area contributed by atoms with Gasteiger partial charge in [0.15, 0.2) is 3.92 Å². The van der Waals surface area contributed by atoms with Gasteiger partial charge in [0.05, 0.1) is 0 Å². The van der Waals surface area contributed by atoms with Crippen LogP contribution in [0.25, 0.3) is 0 Å². The quantitative estimate of drug-likeness (QED) is 0.693. The number of likely N-dealkylation sites (tertiary alicyclic amines) is 1. The second-order valence-electron chi connectivity index (χ2n) is 7.79. The highest BCUT2D eigenvalue weighted by Crippen LogP contribution is 2.42. The lowest BCUT2D eigenvalue weighted by Crippen LogP contribution is -2.49. The van der Waals surface area contributed by atoms with E-state index in [0.717, 1.165) is 60.9 Å². The number of carbonyl (C=O) groups is 1. The maximum atomic E-state index is 12.2. The Kier molecular flexibility index (Phi) is 5.06. The Bertz CT molecular complexity index is 583. The average Bonchev–Trinajstić information content (AvgIpc) is 2.93. The third-order valence-electron chi connectivity index (χ3n) is 4.96. The SMILES string of the molecule is CC(C)(C)OC(=O)N1CCC2(CC1)CCN(c1nnc(Br)s1)CC2. The number of rotatable bonds is 1. The van der Waals surface area contributed by atoms with Crippen LogP contribution < -0.4 is 4.90 Å². The first kappa shape index (κ1) is 17.9. The highest BCUT2D eigenvalue weighted by Gasteiger charge is 2.39. The molecule has 0 saturated carbocycles. The molecule has 24 heavy (non-hydrogen) atoms. The van der Waals surface area contributed by atoms with Crippen LogP contribution >= 0.6 is 27.3 Å². The monoisotopic (exact) mass is 416 g/mol. The van der Waals surface area contributed by atoms with Crippen LogP contribution in [-0.4, -0.2) is 53.0 Å². The molecule has 0 atom stereocenters. The lowest BCUT2D eigenvalue weighted by Gasteiger charge is -2.46. The molecule has 1 aromatic heterocycles. The van der Waals surface area contributed by atoms with E-state index in [1.54, 1.807) is 11.3 Å². The van der Waals surface area contributed by atoms with E-state index < -0.39 is 5.60 Å². The van der Waals surface area contributed by atoms with Gasteiger partial charge in [-0.3, -0.25) is 0 Å². The van der Waals surface area contributed by atoms with Crippen molar-refractivity contribution in [3.05, 3.63) is 3.92 Å². The minimum absolute atomic E-state index is 0.173. The number of halogens is 1. The molecule has 2 fully saturated rings. The summed E-state index contributed by atoms with van der Waals surface area (Å²) in [4.78, 5) is 16.4. The third-order valence-corrected chi connectivity index (χ3v) is 6.38. The van der Waals surface area contributed by atoms with Crippen LogP contribution in [0.4, 0.5) is 9.93 Å². The Morgan fingerprint density at radius 2 is 1.71 bits per heavy atom. The van der Waals surface area contributed by atoms with Crippen molar-refractivity contribution in [1.29, 1.82) is 0 Å². The molecule has 0 aliphatic carbocycles. The zero-order chi connectivity index (χ0) is 17.4. The van der Waals surface area contributed by atoms with Crippen molar-refractivity contribution in [3.63, 3.8) is 0 Å². The summed E-state index contributed by atoms with van der Waals surface area (Å²) in [7, 11) is 0. The van der Waals surface area contributed by atoms with Crippen molar-refractivity contribution in [2.75, 3.05) is 31.1 Å². The molecule has 8 heteroatoms. The molecule has 3 heterocycles. The first-order chi connectivity index (χ1) is 11.3.